The molecule has 0 saturated carbocycles. The predicted octanol–water partition coefficient (Wildman–Crippen LogP) is 2.64. The summed E-state index contributed by atoms with van der Waals surface area (Å²) in [6.07, 6.45) is 0. The van der Waals surface area contributed by atoms with Crippen LogP contribution >= 0.6 is 0 Å². The standard InChI is InChI=1S/C16H15NO2/c18-15-5-1-3-11-7-17(9-13(11)15)8-12-4-2-6-16(19)14(12)10-17/h1-6H,7-10H2,(H-,18,19)/p+1. The molecule has 1 spiro atoms. The highest BCUT2D eigenvalue weighted by Gasteiger charge is 2.43. The van der Waals surface area contributed by atoms with Crippen LogP contribution in [0.4, 0.5) is 0 Å². The molecule has 19 heavy (non-hydrogen) atoms. The quantitative estimate of drug-likeness (QED) is 0.710. The number of phenolic OH excluding ortho intramolecular Hbond substituents is 2. The Morgan fingerprint density at radius 2 is 1.16 bits per heavy atom. The van der Waals surface area contributed by atoms with Crippen molar-refractivity contribution in [3.63, 3.8) is 0 Å². The second kappa shape index (κ2) is 3.52. The number of rotatable bonds is 0. The van der Waals surface area contributed by atoms with Gasteiger partial charge in [-0.05, 0) is 12.1 Å². The van der Waals surface area contributed by atoms with Crippen molar-refractivity contribution in [1.29, 1.82) is 0 Å². The molecule has 2 heterocycles. The molecule has 0 fully saturated rings. The molecule has 0 aromatic heterocycles. The second-order valence-corrected chi connectivity index (χ2v) is 5.80. The summed E-state index contributed by atoms with van der Waals surface area (Å²) in [5.74, 6) is 0.820. The minimum absolute atomic E-state index is 0.410. The number of aromatic hydroxyl groups is 2. The van der Waals surface area contributed by atoms with E-state index < -0.39 is 0 Å². The Bertz CT molecular complexity index is 619. The molecule has 2 aliphatic heterocycles. The number of benzene rings is 2. The average Bonchev–Trinajstić information content (AvgIpc) is 2.92. The Morgan fingerprint density at radius 3 is 1.58 bits per heavy atom. The number of hydrogen-bond donors (Lipinski definition) is 2. The van der Waals surface area contributed by atoms with E-state index in [2.05, 4.69) is 12.1 Å². The lowest BCUT2D eigenvalue weighted by atomic mass is 10.1. The van der Waals surface area contributed by atoms with Crippen molar-refractivity contribution in [1.82, 2.24) is 0 Å². The fourth-order valence-corrected chi connectivity index (χ4v) is 3.63. The van der Waals surface area contributed by atoms with Crippen LogP contribution in [-0.2, 0) is 26.2 Å². The lowest BCUT2D eigenvalue weighted by molar-refractivity contribution is -0.966. The molecule has 2 N–H and O–H groups in total. The van der Waals surface area contributed by atoms with Gasteiger partial charge >= 0.3 is 0 Å². The maximum absolute atomic E-state index is 9.99. The van der Waals surface area contributed by atoms with Gasteiger partial charge in [-0.1, -0.05) is 24.3 Å². The Kier molecular flexibility index (Phi) is 2.01. The summed E-state index contributed by atoms with van der Waals surface area (Å²) in [6, 6.07) is 11.6. The van der Waals surface area contributed by atoms with Crippen molar-refractivity contribution in [3.8, 4) is 11.5 Å². The summed E-state index contributed by atoms with van der Waals surface area (Å²) >= 11 is 0. The van der Waals surface area contributed by atoms with E-state index in [4.69, 9.17) is 0 Å². The van der Waals surface area contributed by atoms with E-state index in [0.717, 1.165) is 41.8 Å². The highest BCUT2D eigenvalue weighted by molar-refractivity contribution is 5.43. The smallest absolute Gasteiger partial charge is 0.124 e. The Balaban J connectivity index is 1.75. The number of quaternary nitrogens is 1. The number of fused-ring (bicyclic) bond motifs is 2. The molecule has 3 heteroatoms. The first-order chi connectivity index (χ1) is 9.17. The molecule has 0 saturated heterocycles. The zero-order valence-corrected chi connectivity index (χ0v) is 10.6. The van der Waals surface area contributed by atoms with Gasteiger partial charge in [-0.3, -0.25) is 0 Å². The topological polar surface area (TPSA) is 40.5 Å². The largest absolute Gasteiger partial charge is 0.507 e. The SMILES string of the molecule is Oc1cccc2c1C[N+]1(C2)Cc2cccc(O)c2C1. The Hall–Kier alpha value is -2.00. The van der Waals surface area contributed by atoms with E-state index in [1.54, 1.807) is 12.1 Å². The fraction of sp³-hybridized carbons (Fsp3) is 0.250. The minimum Gasteiger partial charge on any atom is -0.507 e. The van der Waals surface area contributed by atoms with E-state index in [1.807, 2.05) is 12.1 Å². The second-order valence-electron chi connectivity index (χ2n) is 5.80. The molecule has 0 radical (unpaired) electrons. The van der Waals surface area contributed by atoms with Gasteiger partial charge in [0, 0.05) is 11.1 Å². The first kappa shape index (κ1) is 10.9. The highest BCUT2D eigenvalue weighted by Crippen LogP contribution is 2.44. The zero-order chi connectivity index (χ0) is 13.0. The van der Waals surface area contributed by atoms with Gasteiger partial charge in [0.15, 0.2) is 0 Å². The van der Waals surface area contributed by atoms with Crippen LogP contribution in [0.25, 0.3) is 0 Å². The molecule has 2 aromatic carbocycles. The van der Waals surface area contributed by atoms with E-state index in [0.29, 0.717) is 11.5 Å². The lowest BCUT2D eigenvalue weighted by Gasteiger charge is -2.28. The van der Waals surface area contributed by atoms with Crippen LogP contribution in [0.1, 0.15) is 22.3 Å². The zero-order valence-electron chi connectivity index (χ0n) is 10.6. The van der Waals surface area contributed by atoms with Crippen LogP contribution in [0.5, 0.6) is 11.5 Å². The first-order valence-electron chi connectivity index (χ1n) is 6.61. The number of nitrogens with zero attached hydrogens (tertiary/aromatic N) is 1. The maximum atomic E-state index is 9.99. The van der Waals surface area contributed by atoms with Crippen LogP contribution in [0.15, 0.2) is 36.4 Å². The molecular formula is C16H16NO2+. The molecule has 0 atom stereocenters. The van der Waals surface area contributed by atoms with Crippen molar-refractivity contribution in [2.75, 3.05) is 0 Å². The molecule has 2 aromatic rings. The van der Waals surface area contributed by atoms with Gasteiger partial charge in [-0.2, -0.15) is 0 Å². The van der Waals surface area contributed by atoms with Crippen molar-refractivity contribution in [2.24, 2.45) is 0 Å². The molecule has 0 bridgehead atoms. The molecule has 96 valence electrons. The summed E-state index contributed by atoms with van der Waals surface area (Å²) in [4.78, 5) is 0. The van der Waals surface area contributed by atoms with Crippen LogP contribution in [0, 0.1) is 0 Å². The predicted molar refractivity (Wildman–Crippen MR) is 71.3 cm³/mol. The third-order valence-corrected chi connectivity index (χ3v) is 4.50. The summed E-state index contributed by atoms with van der Waals surface area (Å²) in [5.41, 5.74) is 4.64. The minimum atomic E-state index is 0.410. The van der Waals surface area contributed by atoms with Crippen molar-refractivity contribution in [3.05, 3.63) is 58.7 Å². The molecule has 0 unspecified atom stereocenters. The van der Waals surface area contributed by atoms with E-state index in [9.17, 15) is 10.2 Å². The number of phenols is 2. The van der Waals surface area contributed by atoms with E-state index in [1.165, 1.54) is 11.1 Å². The third-order valence-electron chi connectivity index (χ3n) is 4.50. The van der Waals surface area contributed by atoms with Gasteiger partial charge in [0.05, 0.1) is 11.1 Å². The summed E-state index contributed by atoms with van der Waals surface area (Å²) in [7, 11) is 0. The summed E-state index contributed by atoms with van der Waals surface area (Å²) in [6.45, 7) is 3.60. The number of hydrogen-bond acceptors (Lipinski definition) is 2. The van der Waals surface area contributed by atoms with Crippen LogP contribution in [0.2, 0.25) is 0 Å². The van der Waals surface area contributed by atoms with Gasteiger partial charge in [0.25, 0.3) is 0 Å². The van der Waals surface area contributed by atoms with Crippen LogP contribution < -0.4 is 0 Å². The van der Waals surface area contributed by atoms with Crippen molar-refractivity contribution >= 4 is 0 Å². The van der Waals surface area contributed by atoms with Gasteiger partial charge in [-0.15, -0.1) is 0 Å². The molecule has 0 aliphatic carbocycles. The fourth-order valence-electron chi connectivity index (χ4n) is 3.63. The van der Waals surface area contributed by atoms with E-state index >= 15 is 0 Å². The first-order valence-corrected chi connectivity index (χ1v) is 6.61. The molecular weight excluding hydrogens is 238 g/mol. The average molecular weight is 254 g/mol. The van der Waals surface area contributed by atoms with Gasteiger partial charge in [0.2, 0.25) is 0 Å². The summed E-state index contributed by atoms with van der Waals surface area (Å²) in [5, 5.41) is 20.0. The molecule has 2 aliphatic rings. The van der Waals surface area contributed by atoms with Gasteiger partial charge < -0.3 is 14.7 Å². The molecule has 3 nitrogen and oxygen atoms in total. The maximum Gasteiger partial charge on any atom is 0.124 e. The van der Waals surface area contributed by atoms with Crippen LogP contribution in [0.3, 0.4) is 0 Å². The highest BCUT2D eigenvalue weighted by atomic mass is 16.3. The van der Waals surface area contributed by atoms with Crippen molar-refractivity contribution in [2.45, 2.75) is 26.2 Å². The van der Waals surface area contributed by atoms with E-state index in [-0.39, 0.29) is 0 Å². The van der Waals surface area contributed by atoms with Crippen molar-refractivity contribution < 1.29 is 14.7 Å². The molecule has 4 rings (SSSR count). The monoisotopic (exact) mass is 254 g/mol. The summed E-state index contributed by atoms with van der Waals surface area (Å²) < 4.78 is 0.903. The van der Waals surface area contributed by atoms with Gasteiger partial charge in [-0.25, -0.2) is 0 Å². The molecule has 0 amide bonds. The Labute approximate surface area is 111 Å². The van der Waals surface area contributed by atoms with Crippen LogP contribution in [-0.4, -0.2) is 14.7 Å². The Morgan fingerprint density at radius 1 is 0.684 bits per heavy atom. The lowest BCUT2D eigenvalue weighted by Crippen LogP contribution is -2.36. The van der Waals surface area contributed by atoms with Gasteiger partial charge in [0.1, 0.15) is 37.7 Å². The third kappa shape index (κ3) is 1.48. The normalized spacial score (nSPS) is 18.5.